The van der Waals surface area contributed by atoms with Crippen molar-refractivity contribution in [2.75, 3.05) is 32.6 Å². The van der Waals surface area contributed by atoms with Crippen LogP contribution in [-0.4, -0.2) is 53.9 Å². The molecule has 0 spiro atoms. The highest BCUT2D eigenvalue weighted by Gasteiger charge is 2.22. The number of nitrogens with zero attached hydrogens (tertiary/aromatic N) is 2. The first kappa shape index (κ1) is 23.9. The Balaban J connectivity index is 1.66. The summed E-state index contributed by atoms with van der Waals surface area (Å²) in [5.74, 6) is -2.07. The summed E-state index contributed by atoms with van der Waals surface area (Å²) in [5, 5.41) is 2.42. The van der Waals surface area contributed by atoms with Crippen LogP contribution in [0.4, 0.5) is 10.1 Å². The van der Waals surface area contributed by atoms with Crippen LogP contribution in [0.15, 0.2) is 42.7 Å². The highest BCUT2D eigenvalue weighted by atomic mass is 35.5. The van der Waals surface area contributed by atoms with Crippen molar-refractivity contribution in [1.29, 1.82) is 0 Å². The van der Waals surface area contributed by atoms with Crippen molar-refractivity contribution in [2.24, 2.45) is 0 Å². The number of carbonyl (C=O) groups is 2. The molecule has 1 amide bonds. The Hall–Kier alpha value is -2.78. The molecule has 7 nitrogen and oxygen atoms in total. The van der Waals surface area contributed by atoms with E-state index in [0.29, 0.717) is 18.8 Å². The number of halogens is 3. The molecular weight excluding hydrogens is 458 g/mol. The Morgan fingerprint density at radius 1 is 1.22 bits per heavy atom. The van der Waals surface area contributed by atoms with Gasteiger partial charge in [0, 0.05) is 32.0 Å². The molecule has 2 N–H and O–H groups in total. The van der Waals surface area contributed by atoms with E-state index in [1.54, 1.807) is 19.4 Å². The predicted octanol–water partition coefficient (Wildman–Crippen LogP) is 4.42. The summed E-state index contributed by atoms with van der Waals surface area (Å²) >= 11 is 11.7. The van der Waals surface area contributed by atoms with E-state index in [9.17, 15) is 14.0 Å². The molecule has 0 atom stereocenters. The number of aromatic amines is 1. The number of H-pyrrole nitrogens is 1. The Kier molecular flexibility index (Phi) is 7.98. The van der Waals surface area contributed by atoms with E-state index in [2.05, 4.69) is 20.2 Å². The Morgan fingerprint density at radius 2 is 1.97 bits per heavy atom. The molecule has 2 heterocycles. The average molecular weight is 479 g/mol. The summed E-state index contributed by atoms with van der Waals surface area (Å²) in [6.45, 7) is 2.04. The van der Waals surface area contributed by atoms with Gasteiger partial charge in [-0.2, -0.15) is 0 Å². The molecule has 0 radical (unpaired) electrons. The first-order valence-electron chi connectivity index (χ1n) is 9.60. The smallest absolute Gasteiger partial charge is 0.272 e. The van der Waals surface area contributed by atoms with Gasteiger partial charge in [0.1, 0.15) is 5.69 Å². The van der Waals surface area contributed by atoms with E-state index in [0.717, 1.165) is 12.2 Å². The molecule has 3 rings (SSSR count). The van der Waals surface area contributed by atoms with Gasteiger partial charge in [-0.05, 0) is 37.4 Å². The molecule has 0 bridgehead atoms. The van der Waals surface area contributed by atoms with Crippen LogP contribution in [0.25, 0.3) is 0 Å². The maximum Gasteiger partial charge on any atom is 0.272 e. The Bertz CT molecular complexity index is 1120. The zero-order valence-electron chi connectivity index (χ0n) is 17.4. The fourth-order valence-electron chi connectivity index (χ4n) is 2.93. The molecular formula is C22H21Cl2FN4O3. The number of likely N-dealkylation sites (N-methyl/N-ethyl adjacent to an activating group) is 1. The largest absolute Gasteiger partial charge is 0.383 e. The molecule has 0 unspecified atom stereocenters. The van der Waals surface area contributed by atoms with Crippen LogP contribution >= 0.6 is 23.2 Å². The fourth-order valence-corrected chi connectivity index (χ4v) is 3.32. The number of ether oxygens (including phenoxy) is 1. The van der Waals surface area contributed by atoms with Gasteiger partial charge in [0.05, 0.1) is 39.8 Å². The van der Waals surface area contributed by atoms with Crippen molar-refractivity contribution < 1.29 is 18.7 Å². The molecule has 0 aliphatic heterocycles. The number of rotatable bonds is 9. The molecule has 0 fully saturated rings. The monoisotopic (exact) mass is 478 g/mol. The van der Waals surface area contributed by atoms with Crippen molar-refractivity contribution in [3.8, 4) is 0 Å². The minimum atomic E-state index is -0.907. The Morgan fingerprint density at radius 3 is 2.66 bits per heavy atom. The van der Waals surface area contributed by atoms with Gasteiger partial charge in [0.15, 0.2) is 11.6 Å². The summed E-state index contributed by atoms with van der Waals surface area (Å²) < 4.78 is 19.3. The fraction of sp³-hybridized carbons (Fsp3) is 0.227. The van der Waals surface area contributed by atoms with Crippen LogP contribution in [0.1, 0.15) is 32.1 Å². The second-order valence-corrected chi connectivity index (χ2v) is 7.89. The third kappa shape index (κ3) is 5.72. The van der Waals surface area contributed by atoms with E-state index in [-0.39, 0.29) is 26.9 Å². The summed E-state index contributed by atoms with van der Waals surface area (Å²) in [6.07, 6.45) is 2.86. The number of pyridine rings is 1. The van der Waals surface area contributed by atoms with Gasteiger partial charge < -0.3 is 15.0 Å². The van der Waals surface area contributed by atoms with E-state index in [1.807, 2.05) is 13.1 Å². The van der Waals surface area contributed by atoms with Crippen molar-refractivity contribution in [3.63, 3.8) is 0 Å². The van der Waals surface area contributed by atoms with Crippen molar-refractivity contribution >= 4 is 40.6 Å². The highest BCUT2D eigenvalue weighted by molar-refractivity contribution is 6.37. The lowest BCUT2D eigenvalue weighted by Crippen LogP contribution is -2.22. The van der Waals surface area contributed by atoms with E-state index < -0.39 is 17.5 Å². The zero-order chi connectivity index (χ0) is 23.3. The van der Waals surface area contributed by atoms with E-state index >= 15 is 0 Å². The normalized spacial score (nSPS) is 11.1. The van der Waals surface area contributed by atoms with Gasteiger partial charge in [-0.15, -0.1) is 0 Å². The minimum Gasteiger partial charge on any atom is -0.383 e. The van der Waals surface area contributed by atoms with Gasteiger partial charge in [0.25, 0.3) is 5.91 Å². The molecule has 0 saturated heterocycles. The lowest BCUT2D eigenvalue weighted by molar-refractivity contribution is 0.102. The molecule has 0 aliphatic carbocycles. The number of anilines is 1. The average Bonchev–Trinajstić information content (AvgIpc) is 3.27. The van der Waals surface area contributed by atoms with Crippen LogP contribution in [0.2, 0.25) is 10.0 Å². The van der Waals surface area contributed by atoms with Crippen LogP contribution in [0.3, 0.4) is 0 Å². The molecule has 3 aromatic rings. The summed E-state index contributed by atoms with van der Waals surface area (Å²) in [4.78, 5) is 34.3. The lowest BCUT2D eigenvalue weighted by Gasteiger charge is -2.15. The molecule has 1 aromatic carbocycles. The van der Waals surface area contributed by atoms with Gasteiger partial charge in [-0.1, -0.05) is 23.2 Å². The third-order valence-electron chi connectivity index (χ3n) is 4.65. The Labute approximate surface area is 194 Å². The van der Waals surface area contributed by atoms with Crippen LogP contribution in [-0.2, 0) is 11.3 Å². The molecule has 0 saturated carbocycles. The second-order valence-electron chi connectivity index (χ2n) is 7.07. The van der Waals surface area contributed by atoms with Crippen LogP contribution < -0.4 is 5.32 Å². The van der Waals surface area contributed by atoms with Crippen LogP contribution in [0, 0.1) is 5.82 Å². The first-order valence-corrected chi connectivity index (χ1v) is 10.4. The van der Waals surface area contributed by atoms with Gasteiger partial charge in [-0.25, -0.2) is 4.39 Å². The molecule has 2 aromatic heterocycles. The number of methoxy groups -OCH3 is 1. The van der Waals surface area contributed by atoms with Crippen molar-refractivity contribution in [2.45, 2.75) is 6.54 Å². The second kappa shape index (κ2) is 10.7. The quantitative estimate of drug-likeness (QED) is 0.351. The topological polar surface area (TPSA) is 87.3 Å². The van der Waals surface area contributed by atoms with E-state index in [1.165, 1.54) is 24.4 Å². The maximum atomic E-state index is 14.3. The third-order valence-corrected chi connectivity index (χ3v) is 5.26. The number of amides is 1. The number of hydrogen-bond donors (Lipinski definition) is 2. The molecule has 0 aliphatic rings. The van der Waals surface area contributed by atoms with Gasteiger partial charge in [-0.3, -0.25) is 19.5 Å². The molecule has 32 heavy (non-hydrogen) atoms. The molecule has 10 heteroatoms. The van der Waals surface area contributed by atoms with Gasteiger partial charge in [0.2, 0.25) is 0 Å². The van der Waals surface area contributed by atoms with Crippen molar-refractivity contribution in [3.05, 3.63) is 81.1 Å². The highest BCUT2D eigenvalue weighted by Crippen LogP contribution is 2.28. The zero-order valence-corrected chi connectivity index (χ0v) is 18.9. The predicted molar refractivity (Wildman–Crippen MR) is 121 cm³/mol. The summed E-state index contributed by atoms with van der Waals surface area (Å²) in [6, 6.07) is 7.48. The maximum absolute atomic E-state index is 14.3. The summed E-state index contributed by atoms with van der Waals surface area (Å²) in [5.41, 5.74) is 1.18. The number of carbonyl (C=O) groups excluding carboxylic acids is 2. The number of benzene rings is 1. The van der Waals surface area contributed by atoms with Crippen LogP contribution in [0.5, 0.6) is 0 Å². The lowest BCUT2D eigenvalue weighted by atomic mass is 10.0. The first-order chi connectivity index (χ1) is 15.3. The number of aromatic nitrogens is 2. The molecule has 168 valence electrons. The minimum absolute atomic E-state index is 0.0665. The summed E-state index contributed by atoms with van der Waals surface area (Å²) in [7, 11) is 3.61. The van der Waals surface area contributed by atoms with Gasteiger partial charge >= 0.3 is 0 Å². The van der Waals surface area contributed by atoms with E-state index in [4.69, 9.17) is 27.9 Å². The number of ketones is 1. The SMILES string of the molecule is COCCN(C)Cc1ccc(NC(=O)c2cc(C(=O)c3c(Cl)ccc(Cl)c3F)c[nH]2)cn1. The number of hydrogen-bond acceptors (Lipinski definition) is 5. The standard InChI is InChI=1S/C22H21Cl2FN4O3/c1-29(7-8-32-2)12-15-4-3-14(11-26-15)28-22(31)18-9-13(10-27-18)21(30)19-16(23)5-6-17(24)20(19)25/h3-6,9-11,27H,7-8,12H2,1-2H3,(H,28,31). The van der Waals surface area contributed by atoms with Crippen molar-refractivity contribution in [1.82, 2.24) is 14.9 Å². The number of nitrogens with one attached hydrogen (secondary N) is 2.